The van der Waals surface area contributed by atoms with Crippen molar-refractivity contribution < 1.29 is 19.4 Å². The van der Waals surface area contributed by atoms with Crippen molar-refractivity contribution in [3.8, 4) is 0 Å². The second-order valence-electron chi connectivity index (χ2n) is 14.3. The minimum Gasteiger partial charge on any atom is -0.444 e. The Bertz CT molecular complexity index is 1400. The Balaban J connectivity index is 1.21. The normalized spacial score (nSPS) is 21.7. The van der Waals surface area contributed by atoms with Crippen molar-refractivity contribution in [2.75, 3.05) is 54.8 Å². The lowest BCUT2D eigenvalue weighted by Crippen LogP contribution is -2.46. The van der Waals surface area contributed by atoms with E-state index in [-0.39, 0.29) is 23.9 Å². The van der Waals surface area contributed by atoms with Crippen molar-refractivity contribution in [2.24, 2.45) is 5.73 Å². The smallest absolute Gasteiger partial charge is 0.410 e. The maximum Gasteiger partial charge on any atom is 0.410 e. The van der Waals surface area contributed by atoms with Crippen molar-refractivity contribution in [3.05, 3.63) is 35.2 Å². The Hall–Kier alpha value is -3.64. The van der Waals surface area contributed by atoms with Gasteiger partial charge in [-0.3, -0.25) is 9.69 Å². The summed E-state index contributed by atoms with van der Waals surface area (Å²) in [4.78, 5) is 41.3. The zero-order chi connectivity index (χ0) is 33.7. The number of benzene rings is 1. The third kappa shape index (κ3) is 9.04. The Morgan fingerprint density at radius 1 is 0.979 bits per heavy atom. The maximum absolute atomic E-state index is 12.6. The SMILES string of the molecule is CCc1nc(C(N)=O)c(Nc2ccc(N3CCC(N4CCCN(C(=O)OC(C)(C)C)CC4)CC3)c(C)c2)nc1NC1CCC(O)CC1. The zero-order valence-electron chi connectivity index (χ0n) is 28.8. The van der Waals surface area contributed by atoms with Crippen molar-refractivity contribution in [2.45, 2.75) is 110 Å². The number of aliphatic hydroxyl groups is 1. The molecule has 5 N–H and O–H groups in total. The van der Waals surface area contributed by atoms with E-state index >= 15 is 0 Å². The molecule has 12 heteroatoms. The van der Waals surface area contributed by atoms with Crippen LogP contribution in [-0.4, -0.2) is 99.9 Å². The van der Waals surface area contributed by atoms with Crippen LogP contribution in [0.4, 0.5) is 27.8 Å². The van der Waals surface area contributed by atoms with Gasteiger partial charge in [0.2, 0.25) is 0 Å². The summed E-state index contributed by atoms with van der Waals surface area (Å²) in [6.45, 7) is 15.1. The number of primary amides is 1. The Morgan fingerprint density at radius 3 is 2.34 bits per heavy atom. The fraction of sp³-hybridized carbons (Fsp3) is 0.657. The second kappa shape index (κ2) is 15.1. The third-order valence-electron chi connectivity index (χ3n) is 9.54. The van der Waals surface area contributed by atoms with Gasteiger partial charge in [-0.05, 0) is 103 Å². The highest BCUT2D eigenvalue weighted by atomic mass is 16.6. The van der Waals surface area contributed by atoms with Crippen LogP contribution in [-0.2, 0) is 11.2 Å². The van der Waals surface area contributed by atoms with Crippen LogP contribution in [0, 0.1) is 6.92 Å². The van der Waals surface area contributed by atoms with Gasteiger partial charge in [0, 0.05) is 62.7 Å². The van der Waals surface area contributed by atoms with Crippen LogP contribution in [0.1, 0.15) is 94.4 Å². The number of amides is 2. The summed E-state index contributed by atoms with van der Waals surface area (Å²) >= 11 is 0. The molecule has 3 aliphatic rings. The molecule has 0 bridgehead atoms. The predicted octanol–water partition coefficient (Wildman–Crippen LogP) is 4.82. The molecule has 2 aromatic rings. The molecule has 0 unspecified atom stereocenters. The monoisotopic (exact) mass is 650 g/mol. The molecule has 12 nitrogen and oxygen atoms in total. The summed E-state index contributed by atoms with van der Waals surface area (Å²) in [7, 11) is 0. The van der Waals surface area contributed by atoms with Crippen LogP contribution in [0.5, 0.6) is 0 Å². The summed E-state index contributed by atoms with van der Waals surface area (Å²) < 4.78 is 5.61. The van der Waals surface area contributed by atoms with Crippen molar-refractivity contribution >= 4 is 35.0 Å². The van der Waals surface area contributed by atoms with Crippen molar-refractivity contribution in [1.29, 1.82) is 0 Å². The van der Waals surface area contributed by atoms with Gasteiger partial charge in [0.25, 0.3) is 5.91 Å². The number of carbonyl (C=O) groups is 2. The first-order chi connectivity index (χ1) is 22.4. The lowest BCUT2D eigenvalue weighted by Gasteiger charge is -2.39. The molecular weight excluding hydrogens is 596 g/mol. The number of nitrogens with two attached hydrogens (primary N) is 1. The number of aryl methyl sites for hydroxylation is 2. The Labute approximate surface area is 279 Å². The van der Waals surface area contributed by atoms with Gasteiger partial charge in [-0.1, -0.05) is 6.92 Å². The third-order valence-corrected chi connectivity index (χ3v) is 9.54. The highest BCUT2D eigenvalue weighted by molar-refractivity contribution is 5.96. The van der Waals surface area contributed by atoms with E-state index in [9.17, 15) is 14.7 Å². The zero-order valence-corrected chi connectivity index (χ0v) is 28.8. The topological polar surface area (TPSA) is 149 Å². The minimum absolute atomic E-state index is 0.123. The van der Waals surface area contributed by atoms with Gasteiger partial charge in [0.15, 0.2) is 11.5 Å². The van der Waals surface area contributed by atoms with Gasteiger partial charge in [-0.15, -0.1) is 0 Å². The molecule has 2 aliphatic heterocycles. The molecule has 1 aromatic carbocycles. The van der Waals surface area contributed by atoms with E-state index in [4.69, 9.17) is 15.5 Å². The molecule has 2 saturated heterocycles. The standard InChI is InChI=1S/C35H54N8O4/c1-6-28-32(37-24-8-11-27(44)12-9-24)40-33(30(39-28)31(36)45)38-25-10-13-29(23(2)22-25)42-18-14-26(15-19-42)41-16-7-17-43(21-20-41)34(46)47-35(3,4)5/h10,13,22,24,26-27,44H,6-9,11-12,14-21H2,1-5H3,(H2,36,45)(H2,37,38,40). The molecule has 0 spiro atoms. The first kappa shape index (κ1) is 34.7. The van der Waals surface area contributed by atoms with Gasteiger partial charge >= 0.3 is 6.09 Å². The number of hydrogen-bond donors (Lipinski definition) is 4. The van der Waals surface area contributed by atoms with Gasteiger partial charge in [0.05, 0.1) is 11.8 Å². The summed E-state index contributed by atoms with van der Waals surface area (Å²) in [5.41, 5.74) is 9.23. The molecule has 1 aromatic heterocycles. The average molecular weight is 651 g/mol. The molecule has 0 radical (unpaired) electrons. The van der Waals surface area contributed by atoms with E-state index in [1.807, 2.05) is 38.7 Å². The summed E-state index contributed by atoms with van der Waals surface area (Å²) in [6.07, 6.45) is 6.48. The molecule has 258 valence electrons. The highest BCUT2D eigenvalue weighted by Crippen LogP contribution is 2.31. The van der Waals surface area contributed by atoms with E-state index in [0.29, 0.717) is 36.3 Å². The maximum atomic E-state index is 12.6. The van der Waals surface area contributed by atoms with Crippen molar-refractivity contribution in [3.63, 3.8) is 0 Å². The van der Waals surface area contributed by atoms with Crippen LogP contribution in [0.15, 0.2) is 18.2 Å². The number of nitrogens with zero attached hydrogens (tertiary/aromatic N) is 5. The number of carbonyl (C=O) groups excluding carboxylic acids is 2. The lowest BCUT2D eigenvalue weighted by molar-refractivity contribution is 0.0254. The molecule has 3 fully saturated rings. The van der Waals surface area contributed by atoms with E-state index in [1.165, 1.54) is 5.69 Å². The van der Waals surface area contributed by atoms with Gasteiger partial charge in [0.1, 0.15) is 11.4 Å². The summed E-state index contributed by atoms with van der Waals surface area (Å²) in [5.74, 6) is 0.364. The first-order valence-electron chi connectivity index (χ1n) is 17.4. The number of aromatic nitrogens is 2. The summed E-state index contributed by atoms with van der Waals surface area (Å²) in [6, 6.07) is 6.93. The number of ether oxygens (including phenoxy) is 1. The quantitative estimate of drug-likeness (QED) is 0.313. The lowest BCUT2D eigenvalue weighted by atomic mass is 9.93. The molecule has 1 aliphatic carbocycles. The number of piperidine rings is 1. The number of rotatable bonds is 8. The van der Waals surface area contributed by atoms with Gasteiger partial charge in [-0.2, -0.15) is 0 Å². The molecule has 47 heavy (non-hydrogen) atoms. The average Bonchev–Trinajstić information content (AvgIpc) is 3.28. The fourth-order valence-corrected chi connectivity index (χ4v) is 7.01. The highest BCUT2D eigenvalue weighted by Gasteiger charge is 2.30. The van der Waals surface area contributed by atoms with E-state index < -0.39 is 11.5 Å². The largest absolute Gasteiger partial charge is 0.444 e. The van der Waals surface area contributed by atoms with Crippen LogP contribution in [0.2, 0.25) is 0 Å². The number of aliphatic hydroxyl groups excluding tert-OH is 1. The molecular formula is C35H54N8O4. The number of hydrogen-bond acceptors (Lipinski definition) is 10. The second-order valence-corrected chi connectivity index (χ2v) is 14.3. The predicted molar refractivity (Wildman–Crippen MR) is 186 cm³/mol. The molecule has 2 amide bonds. The Morgan fingerprint density at radius 2 is 1.70 bits per heavy atom. The van der Waals surface area contributed by atoms with Gasteiger partial charge < -0.3 is 36.0 Å². The number of anilines is 4. The van der Waals surface area contributed by atoms with Gasteiger partial charge in [-0.25, -0.2) is 14.8 Å². The van der Waals surface area contributed by atoms with E-state index in [1.54, 1.807) is 0 Å². The van der Waals surface area contributed by atoms with Crippen molar-refractivity contribution in [1.82, 2.24) is 19.8 Å². The summed E-state index contributed by atoms with van der Waals surface area (Å²) in [5, 5.41) is 16.7. The Kier molecular flexibility index (Phi) is 11.1. The molecule has 5 rings (SSSR count). The molecule has 1 saturated carbocycles. The fourth-order valence-electron chi connectivity index (χ4n) is 7.01. The van der Waals surface area contributed by atoms with Crippen LogP contribution >= 0.6 is 0 Å². The van der Waals surface area contributed by atoms with Crippen LogP contribution in [0.25, 0.3) is 0 Å². The molecule has 3 heterocycles. The minimum atomic E-state index is -0.625. The van der Waals surface area contributed by atoms with Crippen LogP contribution < -0.4 is 21.3 Å². The first-order valence-corrected chi connectivity index (χ1v) is 17.4. The van der Waals surface area contributed by atoms with E-state index in [0.717, 1.165) is 88.9 Å². The molecule has 0 atom stereocenters. The van der Waals surface area contributed by atoms with Crippen LogP contribution in [0.3, 0.4) is 0 Å². The number of nitrogens with one attached hydrogen (secondary N) is 2. The van der Waals surface area contributed by atoms with E-state index in [2.05, 4.69) is 44.5 Å².